The second-order valence-electron chi connectivity index (χ2n) is 6.13. The van der Waals surface area contributed by atoms with Crippen LogP contribution in [0.1, 0.15) is 20.7 Å². The summed E-state index contributed by atoms with van der Waals surface area (Å²) in [6.07, 6.45) is 0. The van der Waals surface area contributed by atoms with Gasteiger partial charge in [0.2, 0.25) is 0 Å². The lowest BCUT2D eigenvalue weighted by atomic mass is 10.1. The molecule has 0 atom stereocenters. The van der Waals surface area contributed by atoms with Crippen molar-refractivity contribution in [2.24, 2.45) is 5.73 Å². The maximum Gasteiger partial charge on any atom is 0.255 e. The molecule has 7 nitrogen and oxygen atoms in total. The Morgan fingerprint density at radius 1 is 0.690 bits per heavy atom. The summed E-state index contributed by atoms with van der Waals surface area (Å²) in [6, 6.07) is 22.0. The molecule has 29 heavy (non-hydrogen) atoms. The van der Waals surface area contributed by atoms with Crippen LogP contribution in [0.5, 0.6) is 5.75 Å². The van der Waals surface area contributed by atoms with Gasteiger partial charge in [-0.1, -0.05) is 18.2 Å². The minimum absolute atomic E-state index is 0.209. The largest absolute Gasteiger partial charge is 0.484 e. The lowest BCUT2D eigenvalue weighted by Crippen LogP contribution is -2.20. The van der Waals surface area contributed by atoms with Gasteiger partial charge in [0, 0.05) is 22.5 Å². The highest BCUT2D eigenvalue weighted by Gasteiger charge is 2.09. The van der Waals surface area contributed by atoms with Crippen molar-refractivity contribution in [3.8, 4) is 5.75 Å². The average Bonchev–Trinajstić information content (AvgIpc) is 2.74. The summed E-state index contributed by atoms with van der Waals surface area (Å²) in [7, 11) is 0. The molecule has 0 saturated heterocycles. The number of amides is 3. The first-order valence-corrected chi connectivity index (χ1v) is 8.80. The Morgan fingerprint density at radius 3 is 1.69 bits per heavy atom. The number of nitrogens with two attached hydrogens (primary N) is 1. The Morgan fingerprint density at radius 2 is 1.17 bits per heavy atom. The van der Waals surface area contributed by atoms with Crippen LogP contribution in [0.4, 0.5) is 11.4 Å². The molecule has 0 spiro atoms. The van der Waals surface area contributed by atoms with E-state index in [4.69, 9.17) is 10.5 Å². The lowest BCUT2D eigenvalue weighted by Gasteiger charge is -2.09. The van der Waals surface area contributed by atoms with Crippen molar-refractivity contribution >= 4 is 29.1 Å². The number of primary amides is 1. The molecular weight excluding hydrogens is 370 g/mol. The van der Waals surface area contributed by atoms with Crippen LogP contribution < -0.4 is 21.1 Å². The molecule has 0 radical (unpaired) electrons. The van der Waals surface area contributed by atoms with Crippen LogP contribution >= 0.6 is 0 Å². The highest BCUT2D eigenvalue weighted by Crippen LogP contribution is 2.17. The molecule has 7 heteroatoms. The fourth-order valence-corrected chi connectivity index (χ4v) is 2.49. The molecule has 0 saturated carbocycles. The minimum Gasteiger partial charge on any atom is -0.484 e. The maximum atomic E-state index is 12.4. The molecule has 0 aliphatic rings. The maximum absolute atomic E-state index is 12.4. The van der Waals surface area contributed by atoms with Gasteiger partial charge in [-0.15, -0.1) is 0 Å². The number of nitrogens with one attached hydrogen (secondary N) is 2. The first-order valence-electron chi connectivity index (χ1n) is 8.80. The number of carbonyl (C=O) groups is 3. The van der Waals surface area contributed by atoms with E-state index in [2.05, 4.69) is 10.6 Å². The molecule has 0 bridgehead atoms. The fraction of sp³-hybridized carbons (Fsp3) is 0.0455. The van der Waals surface area contributed by atoms with E-state index in [9.17, 15) is 14.4 Å². The lowest BCUT2D eigenvalue weighted by molar-refractivity contribution is -0.119. The highest BCUT2D eigenvalue weighted by atomic mass is 16.5. The van der Waals surface area contributed by atoms with E-state index in [0.717, 1.165) is 0 Å². The van der Waals surface area contributed by atoms with Crippen molar-refractivity contribution in [1.82, 2.24) is 0 Å². The molecule has 146 valence electrons. The summed E-state index contributed by atoms with van der Waals surface area (Å²) in [5.74, 6) is -0.607. The smallest absolute Gasteiger partial charge is 0.255 e. The van der Waals surface area contributed by atoms with Gasteiger partial charge in [-0.05, 0) is 60.7 Å². The molecule has 0 unspecified atom stereocenters. The Hall–Kier alpha value is -4.13. The molecule has 0 fully saturated rings. The Balaban J connectivity index is 1.57. The molecule has 0 heterocycles. The summed E-state index contributed by atoms with van der Waals surface area (Å²) in [5, 5.41) is 5.55. The summed E-state index contributed by atoms with van der Waals surface area (Å²) < 4.78 is 5.17. The summed E-state index contributed by atoms with van der Waals surface area (Å²) in [5.41, 5.74) is 7.18. The molecule has 3 amide bonds. The van der Waals surface area contributed by atoms with Gasteiger partial charge in [-0.3, -0.25) is 14.4 Å². The van der Waals surface area contributed by atoms with Gasteiger partial charge in [0.15, 0.2) is 6.61 Å². The van der Waals surface area contributed by atoms with Gasteiger partial charge in [-0.25, -0.2) is 0 Å². The topological polar surface area (TPSA) is 111 Å². The van der Waals surface area contributed by atoms with Crippen LogP contribution in [0.15, 0.2) is 78.9 Å². The van der Waals surface area contributed by atoms with Crippen LogP contribution in [0.25, 0.3) is 0 Å². The van der Waals surface area contributed by atoms with Crippen LogP contribution in [0.3, 0.4) is 0 Å². The first-order chi connectivity index (χ1) is 14.0. The third kappa shape index (κ3) is 5.67. The van der Waals surface area contributed by atoms with Crippen LogP contribution in [0.2, 0.25) is 0 Å². The quantitative estimate of drug-likeness (QED) is 0.577. The van der Waals surface area contributed by atoms with Crippen molar-refractivity contribution in [1.29, 1.82) is 0 Å². The molecular formula is C22H19N3O4. The van der Waals surface area contributed by atoms with E-state index in [1.807, 2.05) is 6.07 Å². The second-order valence-corrected chi connectivity index (χ2v) is 6.13. The number of anilines is 2. The van der Waals surface area contributed by atoms with Crippen molar-refractivity contribution in [2.45, 2.75) is 0 Å². The number of hydrogen-bond acceptors (Lipinski definition) is 4. The normalized spacial score (nSPS) is 10.1. The standard InChI is InChI=1S/C22H19N3O4/c23-20(26)14-29-19-12-10-18(11-13-19)25-22(28)16-6-8-17(9-7-16)24-21(27)15-4-2-1-3-5-15/h1-13H,14H2,(H2,23,26)(H,24,27)(H,25,28). The van der Waals surface area contributed by atoms with Crippen LogP contribution in [0, 0.1) is 0 Å². The average molecular weight is 389 g/mol. The Kier molecular flexibility index (Phi) is 6.22. The monoisotopic (exact) mass is 389 g/mol. The van der Waals surface area contributed by atoms with Gasteiger partial charge >= 0.3 is 0 Å². The molecule has 0 aromatic heterocycles. The van der Waals surface area contributed by atoms with Gasteiger partial charge in [0.1, 0.15) is 5.75 Å². The van der Waals surface area contributed by atoms with E-state index in [1.54, 1.807) is 72.8 Å². The van der Waals surface area contributed by atoms with Crippen molar-refractivity contribution in [2.75, 3.05) is 17.2 Å². The van der Waals surface area contributed by atoms with E-state index < -0.39 is 5.91 Å². The number of benzene rings is 3. The number of ether oxygens (including phenoxy) is 1. The predicted molar refractivity (Wildman–Crippen MR) is 110 cm³/mol. The van der Waals surface area contributed by atoms with E-state index in [0.29, 0.717) is 28.3 Å². The van der Waals surface area contributed by atoms with Crippen molar-refractivity contribution in [3.05, 3.63) is 90.0 Å². The van der Waals surface area contributed by atoms with Crippen molar-refractivity contribution in [3.63, 3.8) is 0 Å². The number of carbonyl (C=O) groups excluding carboxylic acids is 3. The van der Waals surface area contributed by atoms with E-state index >= 15 is 0 Å². The third-order valence-electron chi connectivity index (χ3n) is 3.93. The zero-order valence-electron chi connectivity index (χ0n) is 15.4. The molecule has 0 aliphatic heterocycles. The molecule has 3 aromatic rings. The predicted octanol–water partition coefficient (Wildman–Crippen LogP) is 3.06. The van der Waals surface area contributed by atoms with Gasteiger partial charge < -0.3 is 21.1 Å². The molecule has 4 N–H and O–H groups in total. The second kappa shape index (κ2) is 9.18. The highest BCUT2D eigenvalue weighted by molar-refractivity contribution is 6.06. The number of rotatable bonds is 7. The fourth-order valence-electron chi connectivity index (χ4n) is 2.49. The summed E-state index contributed by atoms with van der Waals surface area (Å²) in [4.78, 5) is 35.3. The minimum atomic E-state index is -0.564. The zero-order chi connectivity index (χ0) is 20.6. The van der Waals surface area contributed by atoms with E-state index in [-0.39, 0.29) is 18.4 Å². The summed E-state index contributed by atoms with van der Waals surface area (Å²) in [6.45, 7) is -0.209. The molecule has 0 aliphatic carbocycles. The van der Waals surface area contributed by atoms with Gasteiger partial charge in [-0.2, -0.15) is 0 Å². The SMILES string of the molecule is NC(=O)COc1ccc(NC(=O)c2ccc(NC(=O)c3ccccc3)cc2)cc1. The first kappa shape index (κ1) is 19.6. The molecule has 3 aromatic carbocycles. The molecule has 3 rings (SSSR count). The summed E-state index contributed by atoms with van der Waals surface area (Å²) >= 11 is 0. The van der Waals surface area contributed by atoms with Gasteiger partial charge in [0.25, 0.3) is 17.7 Å². The van der Waals surface area contributed by atoms with Crippen molar-refractivity contribution < 1.29 is 19.1 Å². The van der Waals surface area contributed by atoms with E-state index in [1.165, 1.54) is 0 Å². The van der Waals surface area contributed by atoms with Crippen LogP contribution in [-0.4, -0.2) is 24.3 Å². The van der Waals surface area contributed by atoms with Crippen LogP contribution in [-0.2, 0) is 4.79 Å². The third-order valence-corrected chi connectivity index (χ3v) is 3.93. The zero-order valence-corrected chi connectivity index (χ0v) is 15.4. The van der Waals surface area contributed by atoms with Gasteiger partial charge in [0.05, 0.1) is 0 Å². The number of hydrogen-bond donors (Lipinski definition) is 3. The Bertz CT molecular complexity index is 1000. The Labute approximate surface area is 167 Å².